The second-order valence-electron chi connectivity index (χ2n) is 6.78. The quantitative estimate of drug-likeness (QED) is 0.584. The number of likely N-dealkylation sites (N-methyl/N-ethyl adjacent to an activating group) is 1. The number of methoxy groups -OCH3 is 1. The van der Waals surface area contributed by atoms with Gasteiger partial charge < -0.3 is 19.4 Å². The highest BCUT2D eigenvalue weighted by molar-refractivity contribution is 5.94. The van der Waals surface area contributed by atoms with Crippen LogP contribution in [0, 0.1) is 0 Å². The van der Waals surface area contributed by atoms with Crippen molar-refractivity contribution in [3.63, 3.8) is 0 Å². The zero-order valence-corrected chi connectivity index (χ0v) is 17.1. The van der Waals surface area contributed by atoms with Crippen molar-refractivity contribution in [1.29, 1.82) is 0 Å². The van der Waals surface area contributed by atoms with Gasteiger partial charge in [0.1, 0.15) is 5.75 Å². The zero-order chi connectivity index (χ0) is 21.5. The van der Waals surface area contributed by atoms with Crippen LogP contribution in [-0.2, 0) is 16.1 Å². The van der Waals surface area contributed by atoms with Gasteiger partial charge in [0.2, 0.25) is 11.8 Å². The van der Waals surface area contributed by atoms with Gasteiger partial charge in [-0.2, -0.15) is 0 Å². The van der Waals surface area contributed by atoms with Gasteiger partial charge in [0.25, 0.3) is 0 Å². The monoisotopic (exact) mass is 411 g/mol. The highest BCUT2D eigenvalue weighted by Gasteiger charge is 2.16. The van der Waals surface area contributed by atoms with Crippen molar-refractivity contribution in [2.75, 3.05) is 25.5 Å². The minimum Gasteiger partial charge on any atom is -0.497 e. The number of oxazole rings is 1. The Bertz CT molecular complexity index is 1090. The minimum atomic E-state index is -0.436. The normalized spacial score (nSPS) is 10.7. The van der Waals surface area contributed by atoms with Crippen molar-refractivity contribution in [3.8, 4) is 5.75 Å². The summed E-state index contributed by atoms with van der Waals surface area (Å²) in [7, 11) is 1.55. The van der Waals surface area contributed by atoms with Crippen LogP contribution in [0.1, 0.15) is 19.8 Å². The van der Waals surface area contributed by atoms with E-state index in [0.29, 0.717) is 42.0 Å². The average molecular weight is 411 g/mol. The number of amides is 2. The summed E-state index contributed by atoms with van der Waals surface area (Å²) in [5, 5.41) is 2.77. The minimum absolute atomic E-state index is 0.0405. The van der Waals surface area contributed by atoms with Gasteiger partial charge in [-0.15, -0.1) is 0 Å². The lowest BCUT2D eigenvalue weighted by Crippen LogP contribution is -2.37. The summed E-state index contributed by atoms with van der Waals surface area (Å²) >= 11 is 0. The third-order valence-corrected chi connectivity index (χ3v) is 4.77. The predicted molar refractivity (Wildman–Crippen MR) is 114 cm³/mol. The Labute approximate surface area is 174 Å². The lowest BCUT2D eigenvalue weighted by atomic mass is 10.2. The molecule has 0 radical (unpaired) electrons. The number of nitrogens with zero attached hydrogens (tertiary/aromatic N) is 2. The molecule has 0 atom stereocenters. The number of hydrogen-bond acceptors (Lipinski definition) is 5. The smallest absolute Gasteiger partial charge is 0.419 e. The Morgan fingerprint density at radius 2 is 1.97 bits per heavy atom. The predicted octanol–water partition coefficient (Wildman–Crippen LogP) is 2.87. The molecule has 1 N–H and O–H groups in total. The summed E-state index contributed by atoms with van der Waals surface area (Å²) in [6.07, 6.45) is 0.697. The molecule has 0 fully saturated rings. The number of benzene rings is 2. The van der Waals surface area contributed by atoms with Gasteiger partial charge in [-0.25, -0.2) is 4.79 Å². The summed E-state index contributed by atoms with van der Waals surface area (Å²) in [5.74, 6) is -0.221. The topological polar surface area (TPSA) is 93.8 Å². The highest BCUT2D eigenvalue weighted by atomic mass is 16.5. The molecular weight excluding hydrogens is 386 g/mol. The third kappa shape index (κ3) is 5.08. The van der Waals surface area contributed by atoms with E-state index in [-0.39, 0.29) is 24.8 Å². The second-order valence-corrected chi connectivity index (χ2v) is 6.78. The molecule has 0 aliphatic rings. The first-order chi connectivity index (χ1) is 14.5. The highest BCUT2D eigenvalue weighted by Crippen LogP contribution is 2.17. The molecule has 0 unspecified atom stereocenters. The standard InChI is InChI=1S/C22H25N3O5/c1-3-24(15-20(26)23-16-8-6-9-17(14-16)29-2)21(27)12-7-13-25-18-10-4-5-11-19(18)30-22(25)28/h4-6,8-11,14H,3,7,12-13,15H2,1-2H3,(H,23,26). The number of ether oxygens (including phenoxy) is 1. The van der Waals surface area contributed by atoms with Crippen molar-refractivity contribution in [3.05, 3.63) is 59.1 Å². The molecule has 3 rings (SSSR count). The molecule has 0 bridgehead atoms. The summed E-state index contributed by atoms with van der Waals surface area (Å²) in [4.78, 5) is 38.4. The molecule has 2 amide bonds. The van der Waals surface area contributed by atoms with Crippen molar-refractivity contribution in [2.24, 2.45) is 0 Å². The van der Waals surface area contributed by atoms with Gasteiger partial charge in [-0.3, -0.25) is 14.2 Å². The summed E-state index contributed by atoms with van der Waals surface area (Å²) in [6.45, 7) is 2.57. The van der Waals surface area contributed by atoms with Gasteiger partial charge in [-0.1, -0.05) is 18.2 Å². The third-order valence-electron chi connectivity index (χ3n) is 4.77. The van der Waals surface area contributed by atoms with Crippen LogP contribution in [0.25, 0.3) is 11.1 Å². The van der Waals surface area contributed by atoms with Crippen LogP contribution in [0.2, 0.25) is 0 Å². The lowest BCUT2D eigenvalue weighted by Gasteiger charge is -2.20. The number of para-hydroxylation sites is 2. The number of rotatable bonds is 9. The number of aryl methyl sites for hydroxylation is 1. The van der Waals surface area contributed by atoms with Crippen LogP contribution in [0.15, 0.2) is 57.7 Å². The summed E-state index contributed by atoms with van der Waals surface area (Å²) in [5.41, 5.74) is 1.84. The van der Waals surface area contributed by atoms with E-state index in [2.05, 4.69) is 5.32 Å². The van der Waals surface area contributed by atoms with Crippen molar-refractivity contribution in [2.45, 2.75) is 26.3 Å². The van der Waals surface area contributed by atoms with Gasteiger partial charge >= 0.3 is 5.76 Å². The number of nitrogens with one attached hydrogen (secondary N) is 1. The summed E-state index contributed by atoms with van der Waals surface area (Å²) < 4.78 is 11.9. The lowest BCUT2D eigenvalue weighted by molar-refractivity contribution is -0.134. The fraction of sp³-hybridized carbons (Fsp3) is 0.318. The Balaban J connectivity index is 1.53. The van der Waals surface area contributed by atoms with Crippen molar-refractivity contribution < 1.29 is 18.7 Å². The van der Waals surface area contributed by atoms with E-state index < -0.39 is 5.76 Å². The fourth-order valence-electron chi connectivity index (χ4n) is 3.22. The Kier molecular flexibility index (Phi) is 6.90. The molecule has 8 nitrogen and oxygen atoms in total. The van der Waals surface area contributed by atoms with E-state index in [0.717, 1.165) is 0 Å². The van der Waals surface area contributed by atoms with E-state index in [1.165, 1.54) is 9.47 Å². The molecule has 3 aromatic rings. The molecular formula is C22H25N3O5. The molecule has 0 saturated heterocycles. The maximum Gasteiger partial charge on any atom is 0.419 e. The van der Waals surface area contributed by atoms with E-state index in [1.807, 2.05) is 19.1 Å². The van der Waals surface area contributed by atoms with Crippen LogP contribution in [0.5, 0.6) is 5.75 Å². The molecule has 1 aromatic heterocycles. The molecule has 158 valence electrons. The molecule has 0 spiro atoms. The van der Waals surface area contributed by atoms with Crippen molar-refractivity contribution in [1.82, 2.24) is 9.47 Å². The molecule has 30 heavy (non-hydrogen) atoms. The number of hydrogen-bond donors (Lipinski definition) is 1. The maximum atomic E-state index is 12.6. The first-order valence-corrected chi connectivity index (χ1v) is 9.82. The number of aromatic nitrogens is 1. The number of fused-ring (bicyclic) bond motifs is 1. The average Bonchev–Trinajstić information content (AvgIpc) is 3.07. The van der Waals surface area contributed by atoms with Crippen LogP contribution in [-0.4, -0.2) is 41.5 Å². The first kappa shape index (κ1) is 21.2. The SMILES string of the molecule is CCN(CC(=O)Nc1cccc(OC)c1)C(=O)CCCn1c(=O)oc2ccccc21. The van der Waals surface area contributed by atoms with E-state index in [1.54, 1.807) is 43.5 Å². The van der Waals surface area contributed by atoms with E-state index in [9.17, 15) is 14.4 Å². The Hall–Kier alpha value is -3.55. The molecule has 8 heteroatoms. The second kappa shape index (κ2) is 9.78. The fourth-order valence-corrected chi connectivity index (χ4v) is 3.22. The van der Waals surface area contributed by atoms with Gasteiger partial charge in [0, 0.05) is 31.3 Å². The van der Waals surface area contributed by atoms with Gasteiger partial charge in [0.05, 0.1) is 19.2 Å². The number of carbonyl (C=O) groups excluding carboxylic acids is 2. The van der Waals surface area contributed by atoms with Gasteiger partial charge in [-0.05, 0) is 37.6 Å². The molecule has 0 aliphatic heterocycles. The van der Waals surface area contributed by atoms with Crippen LogP contribution < -0.4 is 15.8 Å². The number of anilines is 1. The van der Waals surface area contributed by atoms with E-state index >= 15 is 0 Å². The van der Waals surface area contributed by atoms with Crippen molar-refractivity contribution >= 4 is 28.6 Å². The summed E-state index contributed by atoms with van der Waals surface area (Å²) in [6, 6.07) is 14.2. The Morgan fingerprint density at radius 3 is 2.73 bits per heavy atom. The van der Waals surface area contributed by atoms with E-state index in [4.69, 9.17) is 9.15 Å². The first-order valence-electron chi connectivity index (χ1n) is 9.82. The number of carbonyl (C=O) groups is 2. The molecule has 0 aliphatic carbocycles. The maximum absolute atomic E-state index is 12.6. The molecule has 2 aromatic carbocycles. The zero-order valence-electron chi connectivity index (χ0n) is 17.1. The van der Waals surface area contributed by atoms with Crippen LogP contribution >= 0.6 is 0 Å². The van der Waals surface area contributed by atoms with Gasteiger partial charge in [0.15, 0.2) is 5.58 Å². The Morgan fingerprint density at radius 1 is 1.17 bits per heavy atom. The molecule has 1 heterocycles. The van der Waals surface area contributed by atoms with Crippen LogP contribution in [0.3, 0.4) is 0 Å². The largest absolute Gasteiger partial charge is 0.497 e. The molecule has 0 saturated carbocycles. The van der Waals surface area contributed by atoms with Crippen LogP contribution in [0.4, 0.5) is 5.69 Å².